The van der Waals surface area contributed by atoms with Gasteiger partial charge in [0.05, 0.1) is 7.11 Å². The first kappa shape index (κ1) is 17.7. The number of fused-ring (bicyclic) bond motifs is 1. The van der Waals surface area contributed by atoms with Crippen LogP contribution in [0.5, 0.6) is 5.75 Å². The number of ether oxygens (including phenoxy) is 1. The molecular weight excluding hydrogens is 312 g/mol. The van der Waals surface area contributed by atoms with Gasteiger partial charge in [-0.15, -0.1) is 0 Å². The Kier molecular flexibility index (Phi) is 5.59. The summed E-state index contributed by atoms with van der Waals surface area (Å²) in [7, 11) is 1.70. The van der Waals surface area contributed by atoms with Crippen LogP contribution in [0.15, 0.2) is 36.4 Å². The van der Waals surface area contributed by atoms with E-state index in [4.69, 9.17) is 4.74 Å². The van der Waals surface area contributed by atoms with E-state index >= 15 is 0 Å². The van der Waals surface area contributed by atoms with Gasteiger partial charge in [0.15, 0.2) is 0 Å². The molecule has 0 saturated carbocycles. The van der Waals surface area contributed by atoms with Crippen molar-refractivity contribution in [2.24, 2.45) is 5.92 Å². The number of benzene rings is 2. The third kappa shape index (κ3) is 4.13. The molecule has 0 aromatic heterocycles. The molecule has 1 aliphatic heterocycles. The van der Waals surface area contributed by atoms with Gasteiger partial charge in [-0.1, -0.05) is 31.5 Å². The summed E-state index contributed by atoms with van der Waals surface area (Å²) in [4.78, 5) is 13.6. The molecule has 1 N–H and O–H groups in total. The summed E-state index contributed by atoms with van der Waals surface area (Å²) in [5.41, 5.74) is 1.29. The lowest BCUT2D eigenvalue weighted by atomic mass is 9.89. The number of rotatable bonds is 5. The number of carbonyl (C=O) groups is 1. The Hall–Kier alpha value is -2.07. The van der Waals surface area contributed by atoms with Crippen molar-refractivity contribution in [3.8, 4) is 5.75 Å². The van der Waals surface area contributed by atoms with Gasteiger partial charge in [0, 0.05) is 32.6 Å². The third-order valence-electron chi connectivity index (χ3n) is 5.38. The molecule has 0 aliphatic carbocycles. The first-order valence-corrected chi connectivity index (χ1v) is 9.16. The van der Waals surface area contributed by atoms with E-state index < -0.39 is 0 Å². The largest absolute Gasteiger partial charge is 0.497 e. The van der Waals surface area contributed by atoms with Crippen molar-refractivity contribution in [2.45, 2.75) is 39.3 Å². The van der Waals surface area contributed by atoms with Crippen LogP contribution in [-0.4, -0.2) is 37.0 Å². The van der Waals surface area contributed by atoms with Crippen molar-refractivity contribution in [1.29, 1.82) is 0 Å². The summed E-state index contributed by atoms with van der Waals surface area (Å²) in [6.07, 6.45) is 2.13. The summed E-state index contributed by atoms with van der Waals surface area (Å²) in [6.45, 7) is 6.49. The summed E-state index contributed by atoms with van der Waals surface area (Å²) in [5, 5.41) is 6.16. The molecule has 2 aromatic rings. The molecule has 0 unspecified atom stereocenters. The Balaban J connectivity index is 1.64. The van der Waals surface area contributed by atoms with Crippen molar-refractivity contribution in [1.82, 2.24) is 10.2 Å². The molecule has 2 atom stereocenters. The number of piperidine rings is 1. The molecule has 25 heavy (non-hydrogen) atoms. The maximum Gasteiger partial charge on any atom is 0.219 e. The van der Waals surface area contributed by atoms with E-state index in [0.29, 0.717) is 12.0 Å². The quantitative estimate of drug-likeness (QED) is 0.904. The lowest BCUT2D eigenvalue weighted by Crippen LogP contribution is -2.50. The number of hydrogen-bond donors (Lipinski definition) is 1. The monoisotopic (exact) mass is 340 g/mol. The van der Waals surface area contributed by atoms with Crippen LogP contribution in [0, 0.1) is 5.92 Å². The van der Waals surface area contributed by atoms with Crippen LogP contribution in [0.2, 0.25) is 0 Å². The standard InChI is InChI=1S/C21H28N2O2/c1-4-17-14-23(15(2)24)10-9-21(17)22-13-16-5-6-19-12-20(25-3)8-7-18(19)11-16/h5-8,11-12,17,21-22H,4,9-10,13-14H2,1-3H3/t17-,21+/m0/s1. The highest BCUT2D eigenvalue weighted by Gasteiger charge is 2.28. The molecular formula is C21H28N2O2. The van der Waals surface area contributed by atoms with Gasteiger partial charge in [0.2, 0.25) is 5.91 Å². The Labute approximate surface area is 150 Å². The number of nitrogens with one attached hydrogen (secondary N) is 1. The van der Waals surface area contributed by atoms with Gasteiger partial charge >= 0.3 is 0 Å². The second-order valence-corrected chi connectivity index (χ2v) is 6.96. The van der Waals surface area contributed by atoms with Crippen LogP contribution >= 0.6 is 0 Å². The molecule has 0 radical (unpaired) electrons. The Morgan fingerprint density at radius 1 is 1.24 bits per heavy atom. The molecule has 134 valence electrons. The normalized spacial score (nSPS) is 20.7. The van der Waals surface area contributed by atoms with E-state index in [-0.39, 0.29) is 5.91 Å². The van der Waals surface area contributed by atoms with Crippen LogP contribution in [0.1, 0.15) is 32.3 Å². The Morgan fingerprint density at radius 3 is 2.72 bits per heavy atom. The fraction of sp³-hybridized carbons (Fsp3) is 0.476. The van der Waals surface area contributed by atoms with Crippen molar-refractivity contribution in [2.75, 3.05) is 20.2 Å². The molecule has 1 fully saturated rings. The van der Waals surface area contributed by atoms with Crippen LogP contribution < -0.4 is 10.1 Å². The number of methoxy groups -OCH3 is 1. The number of carbonyl (C=O) groups excluding carboxylic acids is 1. The van der Waals surface area contributed by atoms with Crippen molar-refractivity contribution in [3.05, 3.63) is 42.0 Å². The second-order valence-electron chi connectivity index (χ2n) is 6.96. The zero-order valence-electron chi connectivity index (χ0n) is 15.4. The maximum atomic E-state index is 11.6. The molecule has 1 saturated heterocycles. The minimum atomic E-state index is 0.196. The first-order valence-electron chi connectivity index (χ1n) is 9.16. The SMILES string of the molecule is CC[C@H]1CN(C(C)=O)CC[C@H]1NCc1ccc2cc(OC)ccc2c1. The first-order chi connectivity index (χ1) is 12.1. The average molecular weight is 340 g/mol. The summed E-state index contributed by atoms with van der Waals surface area (Å²) in [6, 6.07) is 13.2. The van der Waals surface area contributed by atoms with Gasteiger partial charge in [-0.2, -0.15) is 0 Å². The van der Waals surface area contributed by atoms with E-state index in [1.165, 1.54) is 16.3 Å². The van der Waals surface area contributed by atoms with Gasteiger partial charge in [0.1, 0.15) is 5.75 Å². The molecule has 4 heteroatoms. The molecule has 0 spiro atoms. The van der Waals surface area contributed by atoms with Crippen molar-refractivity contribution in [3.63, 3.8) is 0 Å². The van der Waals surface area contributed by atoms with E-state index in [1.807, 2.05) is 11.0 Å². The highest BCUT2D eigenvalue weighted by molar-refractivity contribution is 5.84. The topological polar surface area (TPSA) is 41.6 Å². The minimum Gasteiger partial charge on any atom is -0.497 e. The van der Waals surface area contributed by atoms with Gasteiger partial charge in [-0.3, -0.25) is 4.79 Å². The molecule has 0 bridgehead atoms. The van der Waals surface area contributed by atoms with E-state index in [0.717, 1.165) is 38.2 Å². The Morgan fingerprint density at radius 2 is 2.00 bits per heavy atom. The van der Waals surface area contributed by atoms with E-state index in [1.54, 1.807) is 14.0 Å². The van der Waals surface area contributed by atoms with Crippen molar-refractivity contribution >= 4 is 16.7 Å². The zero-order chi connectivity index (χ0) is 17.8. The van der Waals surface area contributed by atoms with Crippen LogP contribution in [-0.2, 0) is 11.3 Å². The molecule has 1 heterocycles. The number of amides is 1. The smallest absolute Gasteiger partial charge is 0.219 e. The van der Waals surface area contributed by atoms with Crippen LogP contribution in [0.25, 0.3) is 10.8 Å². The molecule has 4 nitrogen and oxygen atoms in total. The van der Waals surface area contributed by atoms with Crippen LogP contribution in [0.4, 0.5) is 0 Å². The highest BCUT2D eigenvalue weighted by Crippen LogP contribution is 2.23. The number of nitrogens with zero attached hydrogens (tertiary/aromatic N) is 1. The predicted molar refractivity (Wildman–Crippen MR) is 102 cm³/mol. The average Bonchev–Trinajstić information content (AvgIpc) is 2.65. The lowest BCUT2D eigenvalue weighted by molar-refractivity contribution is -0.131. The zero-order valence-corrected chi connectivity index (χ0v) is 15.4. The molecule has 3 rings (SSSR count). The van der Waals surface area contributed by atoms with Crippen molar-refractivity contribution < 1.29 is 9.53 Å². The van der Waals surface area contributed by atoms with Gasteiger partial charge in [0.25, 0.3) is 0 Å². The summed E-state index contributed by atoms with van der Waals surface area (Å²) in [5.74, 6) is 1.62. The summed E-state index contributed by atoms with van der Waals surface area (Å²) < 4.78 is 5.29. The number of hydrogen-bond acceptors (Lipinski definition) is 3. The summed E-state index contributed by atoms with van der Waals surface area (Å²) >= 11 is 0. The molecule has 1 aliphatic rings. The molecule has 2 aromatic carbocycles. The van der Waals surface area contributed by atoms with Crippen LogP contribution in [0.3, 0.4) is 0 Å². The fourth-order valence-corrected chi connectivity index (χ4v) is 3.76. The minimum absolute atomic E-state index is 0.196. The molecule has 1 amide bonds. The highest BCUT2D eigenvalue weighted by atomic mass is 16.5. The predicted octanol–water partition coefficient (Wildman–Crippen LogP) is 3.59. The second kappa shape index (κ2) is 7.87. The van der Waals surface area contributed by atoms with E-state index in [2.05, 4.69) is 42.6 Å². The Bertz CT molecular complexity index is 744. The van der Waals surface area contributed by atoms with Gasteiger partial charge in [-0.05, 0) is 46.9 Å². The number of likely N-dealkylation sites (tertiary alicyclic amines) is 1. The third-order valence-corrected chi connectivity index (χ3v) is 5.38. The van der Waals surface area contributed by atoms with Gasteiger partial charge in [-0.25, -0.2) is 0 Å². The maximum absolute atomic E-state index is 11.6. The van der Waals surface area contributed by atoms with E-state index in [9.17, 15) is 4.79 Å². The van der Waals surface area contributed by atoms with Gasteiger partial charge < -0.3 is 15.0 Å². The fourth-order valence-electron chi connectivity index (χ4n) is 3.76. The lowest BCUT2D eigenvalue weighted by Gasteiger charge is -2.38.